The van der Waals surface area contributed by atoms with E-state index in [1.807, 2.05) is 0 Å². The highest BCUT2D eigenvalue weighted by Crippen LogP contribution is 2.45. The van der Waals surface area contributed by atoms with E-state index in [4.69, 9.17) is 9.73 Å². The number of ether oxygens (including phenoxy) is 1. The van der Waals surface area contributed by atoms with E-state index in [-0.39, 0.29) is 24.0 Å². The van der Waals surface area contributed by atoms with Crippen LogP contribution in [0.3, 0.4) is 0 Å². The number of nitrogens with one attached hydrogen (secondary N) is 1. The SMILES string of the molecule is CCN=C(NC1CC1(C)C)N1CCC2(CCOC2)C1.I. The zero-order valence-electron chi connectivity index (χ0n) is 12.9. The fourth-order valence-corrected chi connectivity index (χ4v) is 3.34. The molecule has 0 aromatic heterocycles. The van der Waals surface area contributed by atoms with E-state index in [0.29, 0.717) is 16.9 Å². The maximum Gasteiger partial charge on any atom is 0.194 e. The molecule has 1 saturated carbocycles. The summed E-state index contributed by atoms with van der Waals surface area (Å²) in [6, 6.07) is 0.606. The summed E-state index contributed by atoms with van der Waals surface area (Å²) in [5, 5.41) is 3.67. The Kier molecular flexibility index (Phi) is 4.89. The first-order valence-corrected chi connectivity index (χ1v) is 7.68. The Hall–Kier alpha value is -0.0400. The van der Waals surface area contributed by atoms with Crippen LogP contribution in [0.1, 0.15) is 40.0 Å². The molecule has 2 saturated heterocycles. The maximum atomic E-state index is 5.61. The summed E-state index contributed by atoms with van der Waals surface area (Å²) in [4.78, 5) is 7.15. The fourth-order valence-electron chi connectivity index (χ4n) is 3.34. The fraction of sp³-hybridized carbons (Fsp3) is 0.933. The minimum Gasteiger partial charge on any atom is -0.381 e. The van der Waals surface area contributed by atoms with E-state index < -0.39 is 0 Å². The summed E-state index contributed by atoms with van der Waals surface area (Å²) in [6.45, 7) is 11.7. The van der Waals surface area contributed by atoms with Crippen molar-refractivity contribution in [3.05, 3.63) is 0 Å². The quantitative estimate of drug-likeness (QED) is 0.445. The average Bonchev–Trinajstić information content (AvgIpc) is 2.80. The molecule has 5 heteroatoms. The summed E-state index contributed by atoms with van der Waals surface area (Å²) < 4.78 is 5.61. The van der Waals surface area contributed by atoms with Crippen molar-refractivity contribution in [2.24, 2.45) is 15.8 Å². The normalized spacial score (nSPS) is 35.2. The Morgan fingerprint density at radius 2 is 2.15 bits per heavy atom. The van der Waals surface area contributed by atoms with Crippen LogP contribution < -0.4 is 5.32 Å². The van der Waals surface area contributed by atoms with E-state index >= 15 is 0 Å². The lowest BCUT2D eigenvalue weighted by Gasteiger charge is -2.25. The molecule has 20 heavy (non-hydrogen) atoms. The molecule has 2 unspecified atom stereocenters. The van der Waals surface area contributed by atoms with Gasteiger partial charge in [-0.3, -0.25) is 4.99 Å². The molecule has 3 rings (SSSR count). The first-order valence-electron chi connectivity index (χ1n) is 7.68. The maximum absolute atomic E-state index is 5.61. The molecule has 4 nitrogen and oxygen atoms in total. The monoisotopic (exact) mass is 393 g/mol. The van der Waals surface area contributed by atoms with Gasteiger partial charge in [-0.05, 0) is 31.6 Å². The van der Waals surface area contributed by atoms with Crippen LogP contribution in [-0.2, 0) is 4.74 Å². The molecule has 3 fully saturated rings. The molecule has 2 aliphatic heterocycles. The van der Waals surface area contributed by atoms with E-state index in [1.165, 1.54) is 19.3 Å². The molecule has 0 bridgehead atoms. The van der Waals surface area contributed by atoms with Crippen molar-refractivity contribution in [1.82, 2.24) is 10.2 Å². The topological polar surface area (TPSA) is 36.9 Å². The lowest BCUT2D eigenvalue weighted by molar-refractivity contribution is 0.156. The molecule has 1 N–H and O–H groups in total. The number of hydrogen-bond donors (Lipinski definition) is 1. The zero-order valence-corrected chi connectivity index (χ0v) is 15.3. The Bertz CT molecular complexity index is 377. The number of aliphatic imine (C=N–C) groups is 1. The Morgan fingerprint density at radius 1 is 1.40 bits per heavy atom. The van der Waals surface area contributed by atoms with E-state index in [1.54, 1.807) is 0 Å². The first kappa shape index (κ1) is 16.3. The number of nitrogens with zero attached hydrogens (tertiary/aromatic N) is 2. The second-order valence-corrected chi connectivity index (χ2v) is 7.16. The summed E-state index contributed by atoms with van der Waals surface area (Å²) in [6.07, 6.45) is 3.74. The molecule has 1 spiro atoms. The van der Waals surface area contributed by atoms with Gasteiger partial charge in [0, 0.05) is 37.7 Å². The summed E-state index contributed by atoms with van der Waals surface area (Å²) in [7, 11) is 0. The van der Waals surface area contributed by atoms with Gasteiger partial charge in [0.1, 0.15) is 0 Å². The average molecular weight is 393 g/mol. The Labute approximate surface area is 139 Å². The van der Waals surface area contributed by atoms with Gasteiger partial charge in [0.15, 0.2) is 5.96 Å². The van der Waals surface area contributed by atoms with Gasteiger partial charge in [-0.15, -0.1) is 24.0 Å². The van der Waals surface area contributed by atoms with Crippen molar-refractivity contribution in [2.75, 3.05) is 32.8 Å². The van der Waals surface area contributed by atoms with Crippen molar-refractivity contribution < 1.29 is 4.74 Å². The predicted octanol–water partition coefficient (Wildman–Crippen LogP) is 2.48. The first-order chi connectivity index (χ1) is 9.05. The molecule has 0 radical (unpaired) electrons. The molecular formula is C15H28IN3O. The van der Waals surface area contributed by atoms with Crippen LogP contribution in [0.25, 0.3) is 0 Å². The predicted molar refractivity (Wildman–Crippen MR) is 92.8 cm³/mol. The number of halogens is 1. The van der Waals surface area contributed by atoms with Gasteiger partial charge in [0.2, 0.25) is 0 Å². The van der Waals surface area contributed by atoms with Crippen LogP contribution in [0.5, 0.6) is 0 Å². The van der Waals surface area contributed by atoms with E-state index in [0.717, 1.165) is 38.8 Å². The standard InChI is InChI=1S/C15H27N3O.HI/c1-4-16-13(17-12-9-14(12,2)3)18-7-5-15(10-18)6-8-19-11-15;/h12H,4-11H2,1-3H3,(H,16,17);1H. The number of rotatable bonds is 2. The minimum atomic E-state index is 0. The lowest BCUT2D eigenvalue weighted by Crippen LogP contribution is -2.43. The summed E-state index contributed by atoms with van der Waals surface area (Å²) >= 11 is 0. The molecule has 0 amide bonds. The smallest absolute Gasteiger partial charge is 0.194 e. The van der Waals surface area contributed by atoms with Crippen molar-refractivity contribution in [3.8, 4) is 0 Å². The van der Waals surface area contributed by atoms with Crippen LogP contribution >= 0.6 is 24.0 Å². The third kappa shape index (κ3) is 3.24. The van der Waals surface area contributed by atoms with Crippen LogP contribution in [0.2, 0.25) is 0 Å². The van der Waals surface area contributed by atoms with E-state index in [2.05, 4.69) is 31.0 Å². The third-order valence-corrected chi connectivity index (χ3v) is 5.05. The Balaban J connectivity index is 0.00000147. The highest BCUT2D eigenvalue weighted by atomic mass is 127. The van der Waals surface area contributed by atoms with Crippen molar-refractivity contribution in [3.63, 3.8) is 0 Å². The molecule has 116 valence electrons. The van der Waals surface area contributed by atoms with Gasteiger partial charge < -0.3 is 15.0 Å². The zero-order chi connectivity index (χ0) is 13.5. The number of hydrogen-bond acceptors (Lipinski definition) is 2. The Morgan fingerprint density at radius 3 is 2.70 bits per heavy atom. The van der Waals surface area contributed by atoms with Gasteiger partial charge in [0.05, 0.1) is 6.61 Å². The van der Waals surface area contributed by atoms with Crippen molar-refractivity contribution in [2.45, 2.75) is 46.1 Å². The van der Waals surface area contributed by atoms with Crippen LogP contribution in [-0.4, -0.2) is 49.7 Å². The molecule has 0 aromatic rings. The van der Waals surface area contributed by atoms with Crippen LogP contribution in [0, 0.1) is 10.8 Å². The molecule has 2 atom stereocenters. The van der Waals surface area contributed by atoms with Gasteiger partial charge in [-0.25, -0.2) is 0 Å². The highest BCUT2D eigenvalue weighted by molar-refractivity contribution is 14.0. The molecular weight excluding hydrogens is 365 g/mol. The van der Waals surface area contributed by atoms with Crippen LogP contribution in [0.15, 0.2) is 4.99 Å². The van der Waals surface area contributed by atoms with Gasteiger partial charge >= 0.3 is 0 Å². The summed E-state index contributed by atoms with van der Waals surface area (Å²) in [5.41, 5.74) is 0.859. The lowest BCUT2D eigenvalue weighted by atomic mass is 9.87. The van der Waals surface area contributed by atoms with Crippen LogP contribution in [0.4, 0.5) is 0 Å². The number of likely N-dealkylation sites (tertiary alicyclic amines) is 1. The van der Waals surface area contributed by atoms with Gasteiger partial charge in [-0.1, -0.05) is 13.8 Å². The van der Waals surface area contributed by atoms with Crippen molar-refractivity contribution in [1.29, 1.82) is 0 Å². The molecule has 0 aromatic carbocycles. The third-order valence-electron chi connectivity index (χ3n) is 5.05. The molecule has 3 aliphatic rings. The second-order valence-electron chi connectivity index (χ2n) is 7.16. The van der Waals surface area contributed by atoms with E-state index in [9.17, 15) is 0 Å². The number of guanidine groups is 1. The van der Waals surface area contributed by atoms with Gasteiger partial charge in [-0.2, -0.15) is 0 Å². The largest absolute Gasteiger partial charge is 0.381 e. The second kappa shape index (κ2) is 5.99. The van der Waals surface area contributed by atoms with Gasteiger partial charge in [0.25, 0.3) is 0 Å². The molecule has 1 aliphatic carbocycles. The molecule has 2 heterocycles. The summed E-state index contributed by atoms with van der Waals surface area (Å²) in [5.74, 6) is 1.13. The minimum absolute atomic E-state index is 0. The van der Waals surface area contributed by atoms with Crippen molar-refractivity contribution >= 4 is 29.9 Å². The highest BCUT2D eigenvalue weighted by Gasteiger charge is 2.48.